The van der Waals surface area contributed by atoms with E-state index in [-0.39, 0.29) is 5.48 Å². The molecule has 68 valence electrons. The van der Waals surface area contributed by atoms with Crippen LogP contribution in [-0.2, 0) is 0 Å². The van der Waals surface area contributed by atoms with E-state index in [0.717, 1.165) is 11.3 Å². The predicted octanol–water partition coefficient (Wildman–Crippen LogP) is 0.955. The summed E-state index contributed by atoms with van der Waals surface area (Å²) in [4.78, 5) is 0. The molecule has 2 aromatic rings. The number of aromatic nitrogens is 3. The molecule has 0 fully saturated rings. The van der Waals surface area contributed by atoms with E-state index in [0.29, 0.717) is 0 Å². The maximum atomic E-state index is 3.98. The van der Waals surface area contributed by atoms with Crippen molar-refractivity contribution in [3.63, 3.8) is 0 Å². The first-order valence-corrected chi connectivity index (χ1v) is 3.79. The van der Waals surface area contributed by atoms with Crippen LogP contribution in [0.1, 0.15) is 5.56 Å². The molecule has 0 aliphatic rings. The van der Waals surface area contributed by atoms with Crippen LogP contribution in [0.4, 0.5) is 0 Å². The third-order valence-electron chi connectivity index (χ3n) is 1.76. The standard InChI is InChI=1S/C9H9N3.H2O/c1-7-2-4-8(5-3-7)9-6-10-12-11-9;/h2-6H,1H3,(H,10,11,12);1H2. The summed E-state index contributed by atoms with van der Waals surface area (Å²) >= 11 is 0. The molecular weight excluding hydrogens is 166 g/mol. The van der Waals surface area contributed by atoms with Gasteiger partial charge >= 0.3 is 0 Å². The van der Waals surface area contributed by atoms with Gasteiger partial charge in [0.2, 0.25) is 0 Å². The Morgan fingerprint density at radius 3 is 2.38 bits per heavy atom. The number of rotatable bonds is 1. The highest BCUT2D eigenvalue weighted by molar-refractivity contribution is 5.57. The average molecular weight is 177 g/mol. The topological polar surface area (TPSA) is 73.1 Å². The van der Waals surface area contributed by atoms with E-state index in [1.165, 1.54) is 5.56 Å². The second-order valence-electron chi connectivity index (χ2n) is 2.72. The smallest absolute Gasteiger partial charge is 0.112 e. The lowest BCUT2D eigenvalue weighted by molar-refractivity contribution is 0.824. The van der Waals surface area contributed by atoms with Gasteiger partial charge in [0.1, 0.15) is 5.69 Å². The van der Waals surface area contributed by atoms with Crippen LogP contribution < -0.4 is 0 Å². The molecule has 3 N–H and O–H groups in total. The molecule has 13 heavy (non-hydrogen) atoms. The maximum Gasteiger partial charge on any atom is 0.112 e. The van der Waals surface area contributed by atoms with Crippen LogP contribution in [0.25, 0.3) is 11.3 Å². The molecule has 0 saturated carbocycles. The highest BCUT2D eigenvalue weighted by atomic mass is 16.0. The summed E-state index contributed by atoms with van der Waals surface area (Å²) in [6.45, 7) is 2.06. The number of aromatic amines is 1. The molecule has 0 unspecified atom stereocenters. The third-order valence-corrected chi connectivity index (χ3v) is 1.76. The zero-order chi connectivity index (χ0) is 8.39. The number of H-pyrrole nitrogens is 1. The Morgan fingerprint density at radius 2 is 1.85 bits per heavy atom. The molecule has 4 nitrogen and oxygen atoms in total. The molecule has 0 amide bonds. The number of hydrogen-bond acceptors (Lipinski definition) is 2. The Hall–Kier alpha value is -1.68. The van der Waals surface area contributed by atoms with Crippen LogP contribution >= 0.6 is 0 Å². The summed E-state index contributed by atoms with van der Waals surface area (Å²) in [7, 11) is 0. The van der Waals surface area contributed by atoms with E-state index in [1.54, 1.807) is 6.20 Å². The Labute approximate surface area is 75.9 Å². The van der Waals surface area contributed by atoms with Gasteiger partial charge in [-0.1, -0.05) is 29.8 Å². The Balaban J connectivity index is 0.000000845. The van der Waals surface area contributed by atoms with Gasteiger partial charge in [0.05, 0.1) is 6.20 Å². The molecule has 0 spiro atoms. The highest BCUT2D eigenvalue weighted by Crippen LogP contribution is 2.14. The first-order chi connectivity index (χ1) is 5.86. The quantitative estimate of drug-likeness (QED) is 0.704. The van der Waals surface area contributed by atoms with Gasteiger partial charge < -0.3 is 5.48 Å². The molecule has 1 heterocycles. The number of nitrogens with zero attached hydrogens (tertiary/aromatic N) is 2. The number of aryl methyl sites for hydroxylation is 1. The normalized spacial score (nSPS) is 9.31. The van der Waals surface area contributed by atoms with Crippen molar-refractivity contribution in [2.24, 2.45) is 0 Å². The highest BCUT2D eigenvalue weighted by Gasteiger charge is 1.97. The Bertz CT molecular complexity index is 353. The molecule has 0 aliphatic heterocycles. The SMILES string of the molecule is Cc1ccc(-c2cn[nH]n2)cc1.O. The first-order valence-electron chi connectivity index (χ1n) is 3.79. The average Bonchev–Trinajstić information content (AvgIpc) is 2.58. The molecule has 1 aromatic carbocycles. The van der Waals surface area contributed by atoms with E-state index in [1.807, 2.05) is 12.1 Å². The van der Waals surface area contributed by atoms with Crippen LogP contribution in [0, 0.1) is 6.92 Å². The van der Waals surface area contributed by atoms with Gasteiger partial charge in [0.25, 0.3) is 0 Å². The van der Waals surface area contributed by atoms with Crippen molar-refractivity contribution >= 4 is 0 Å². The van der Waals surface area contributed by atoms with Gasteiger partial charge in [-0.05, 0) is 6.92 Å². The summed E-state index contributed by atoms with van der Waals surface area (Å²) in [6, 6.07) is 8.19. The molecular formula is C9H11N3O. The van der Waals surface area contributed by atoms with Crippen molar-refractivity contribution in [1.82, 2.24) is 15.4 Å². The van der Waals surface area contributed by atoms with E-state index < -0.39 is 0 Å². The minimum atomic E-state index is 0. The van der Waals surface area contributed by atoms with Crippen molar-refractivity contribution in [1.29, 1.82) is 0 Å². The summed E-state index contributed by atoms with van der Waals surface area (Å²) in [6.07, 6.45) is 1.71. The third kappa shape index (κ3) is 1.91. The first kappa shape index (κ1) is 9.41. The van der Waals surface area contributed by atoms with Gasteiger partial charge in [0, 0.05) is 5.56 Å². The maximum absolute atomic E-state index is 3.98. The summed E-state index contributed by atoms with van der Waals surface area (Å²) in [5, 5.41) is 10.3. The monoisotopic (exact) mass is 177 g/mol. The van der Waals surface area contributed by atoms with Gasteiger partial charge in [-0.15, -0.1) is 0 Å². The number of benzene rings is 1. The summed E-state index contributed by atoms with van der Waals surface area (Å²) in [5.41, 5.74) is 3.23. The Kier molecular flexibility index (Phi) is 2.76. The molecule has 2 rings (SSSR count). The van der Waals surface area contributed by atoms with Crippen molar-refractivity contribution in [2.45, 2.75) is 6.92 Å². The fraction of sp³-hybridized carbons (Fsp3) is 0.111. The lowest BCUT2D eigenvalue weighted by Gasteiger charge is -1.94. The zero-order valence-electron chi connectivity index (χ0n) is 7.28. The summed E-state index contributed by atoms with van der Waals surface area (Å²) in [5.74, 6) is 0. The van der Waals surface area contributed by atoms with E-state index in [9.17, 15) is 0 Å². The summed E-state index contributed by atoms with van der Waals surface area (Å²) < 4.78 is 0. The van der Waals surface area contributed by atoms with Gasteiger partial charge in [-0.2, -0.15) is 15.4 Å². The van der Waals surface area contributed by atoms with Crippen molar-refractivity contribution in [3.8, 4) is 11.3 Å². The second kappa shape index (κ2) is 3.82. The fourth-order valence-corrected chi connectivity index (χ4v) is 1.07. The minimum absolute atomic E-state index is 0. The van der Waals surface area contributed by atoms with E-state index >= 15 is 0 Å². The van der Waals surface area contributed by atoms with Crippen LogP contribution in [-0.4, -0.2) is 20.9 Å². The zero-order valence-corrected chi connectivity index (χ0v) is 7.28. The second-order valence-corrected chi connectivity index (χ2v) is 2.72. The Morgan fingerprint density at radius 1 is 1.15 bits per heavy atom. The van der Waals surface area contributed by atoms with Gasteiger partial charge in [-0.25, -0.2) is 0 Å². The molecule has 0 atom stereocenters. The number of nitrogens with one attached hydrogen (secondary N) is 1. The van der Waals surface area contributed by atoms with E-state index in [4.69, 9.17) is 0 Å². The van der Waals surface area contributed by atoms with Crippen LogP contribution in [0.3, 0.4) is 0 Å². The largest absolute Gasteiger partial charge is 0.412 e. The fourth-order valence-electron chi connectivity index (χ4n) is 1.07. The van der Waals surface area contributed by atoms with Gasteiger partial charge in [-0.3, -0.25) is 0 Å². The molecule has 1 aromatic heterocycles. The lowest BCUT2D eigenvalue weighted by Crippen LogP contribution is -1.77. The van der Waals surface area contributed by atoms with Crippen molar-refractivity contribution < 1.29 is 5.48 Å². The molecule has 0 saturated heterocycles. The molecule has 0 bridgehead atoms. The van der Waals surface area contributed by atoms with Crippen LogP contribution in [0.15, 0.2) is 30.5 Å². The molecule has 4 heteroatoms. The van der Waals surface area contributed by atoms with Crippen LogP contribution in [0.2, 0.25) is 0 Å². The lowest BCUT2D eigenvalue weighted by atomic mass is 10.1. The minimum Gasteiger partial charge on any atom is -0.412 e. The van der Waals surface area contributed by atoms with Crippen molar-refractivity contribution in [2.75, 3.05) is 0 Å². The van der Waals surface area contributed by atoms with E-state index in [2.05, 4.69) is 34.5 Å². The molecule has 0 aliphatic carbocycles. The predicted molar refractivity (Wildman–Crippen MR) is 50.2 cm³/mol. The van der Waals surface area contributed by atoms with Crippen molar-refractivity contribution in [3.05, 3.63) is 36.0 Å². The number of hydrogen-bond donors (Lipinski definition) is 1. The van der Waals surface area contributed by atoms with Gasteiger partial charge in [0.15, 0.2) is 0 Å². The van der Waals surface area contributed by atoms with Crippen LogP contribution in [0.5, 0.6) is 0 Å². The molecule has 0 radical (unpaired) electrons.